The summed E-state index contributed by atoms with van der Waals surface area (Å²) >= 11 is 1.17. The molecule has 3 rings (SSSR count). The molecule has 1 unspecified atom stereocenters. The van der Waals surface area contributed by atoms with E-state index >= 15 is 0 Å². The summed E-state index contributed by atoms with van der Waals surface area (Å²) in [5.74, 6) is -3.27. The number of thiazole rings is 1. The van der Waals surface area contributed by atoms with Crippen molar-refractivity contribution >= 4 is 40.8 Å². The van der Waals surface area contributed by atoms with E-state index in [0.717, 1.165) is 11.1 Å². The van der Waals surface area contributed by atoms with Crippen LogP contribution in [0.4, 0.5) is 0 Å². The van der Waals surface area contributed by atoms with Crippen LogP contribution >= 0.6 is 11.3 Å². The van der Waals surface area contributed by atoms with Gasteiger partial charge in [0.2, 0.25) is 11.8 Å². The first-order valence-electron chi connectivity index (χ1n) is 14.6. The second kappa shape index (κ2) is 17.3. The molecule has 0 spiro atoms. The third-order valence-electron chi connectivity index (χ3n) is 7.02. The number of aryl methyl sites for hydroxylation is 1. The lowest BCUT2D eigenvalue weighted by atomic mass is 9.82. The van der Waals surface area contributed by atoms with Crippen LogP contribution in [-0.4, -0.2) is 80.0 Å². The number of esters is 1. The van der Waals surface area contributed by atoms with E-state index in [0.29, 0.717) is 9.88 Å². The van der Waals surface area contributed by atoms with Gasteiger partial charge in [0.15, 0.2) is 5.78 Å². The zero-order valence-corrected chi connectivity index (χ0v) is 27.3. The maximum atomic E-state index is 13.9. The summed E-state index contributed by atoms with van der Waals surface area (Å²) in [5, 5.41) is 8.58. The summed E-state index contributed by atoms with van der Waals surface area (Å²) in [4.78, 5) is 71.0. The largest absolute Gasteiger partial charge is 0.460 e. The van der Waals surface area contributed by atoms with Crippen LogP contribution in [0.5, 0.6) is 0 Å². The predicted octanol–water partition coefficient (Wildman–Crippen LogP) is 2.39. The van der Waals surface area contributed by atoms with E-state index < -0.39 is 53.0 Å². The molecular formula is C33H40N4O8S. The Morgan fingerprint density at radius 2 is 1.30 bits per heavy atom. The zero-order valence-electron chi connectivity index (χ0n) is 26.5. The maximum Gasteiger partial charge on any atom is 0.319 e. The molecule has 0 aliphatic carbocycles. The van der Waals surface area contributed by atoms with E-state index in [1.807, 2.05) is 24.3 Å². The Morgan fingerprint density at radius 3 is 1.83 bits per heavy atom. The van der Waals surface area contributed by atoms with Gasteiger partial charge in [-0.2, -0.15) is 0 Å². The van der Waals surface area contributed by atoms with Crippen molar-refractivity contribution in [2.24, 2.45) is 5.41 Å². The number of rotatable bonds is 17. The highest BCUT2D eigenvalue weighted by Gasteiger charge is 2.43. The van der Waals surface area contributed by atoms with Crippen LogP contribution in [0.15, 0.2) is 66.9 Å². The molecule has 3 atom stereocenters. The van der Waals surface area contributed by atoms with Crippen molar-refractivity contribution in [3.8, 4) is 0 Å². The average Bonchev–Trinajstić information content (AvgIpc) is 3.49. The Morgan fingerprint density at radius 1 is 0.783 bits per heavy atom. The van der Waals surface area contributed by atoms with Crippen LogP contribution in [0.3, 0.4) is 0 Å². The van der Waals surface area contributed by atoms with Crippen molar-refractivity contribution in [2.45, 2.75) is 51.9 Å². The minimum absolute atomic E-state index is 0.0180. The summed E-state index contributed by atoms with van der Waals surface area (Å²) in [6.45, 7) is 4.21. The van der Waals surface area contributed by atoms with Crippen LogP contribution in [0.2, 0.25) is 0 Å². The van der Waals surface area contributed by atoms with Gasteiger partial charge in [-0.15, -0.1) is 11.3 Å². The molecule has 3 aromatic rings. The van der Waals surface area contributed by atoms with Gasteiger partial charge in [0, 0.05) is 14.2 Å². The van der Waals surface area contributed by atoms with Gasteiger partial charge in [-0.25, -0.2) is 4.98 Å². The van der Waals surface area contributed by atoms with Gasteiger partial charge in [0.1, 0.15) is 29.0 Å². The van der Waals surface area contributed by atoms with Gasteiger partial charge < -0.3 is 30.2 Å². The summed E-state index contributed by atoms with van der Waals surface area (Å²) in [6, 6.07) is 14.5. The molecule has 0 saturated carbocycles. The van der Waals surface area contributed by atoms with Gasteiger partial charge >= 0.3 is 5.97 Å². The lowest BCUT2D eigenvalue weighted by Crippen LogP contribution is -2.59. The number of nitrogens with one attached hydrogen (secondary N) is 3. The minimum atomic E-state index is -1.62. The molecule has 1 heterocycles. The number of ketones is 1. The fourth-order valence-electron chi connectivity index (χ4n) is 4.44. The van der Waals surface area contributed by atoms with Crippen LogP contribution < -0.4 is 16.0 Å². The van der Waals surface area contributed by atoms with Crippen molar-refractivity contribution in [1.29, 1.82) is 0 Å². The number of ether oxygens (including phenoxy) is 3. The number of aromatic nitrogens is 1. The number of benzene rings is 2. The van der Waals surface area contributed by atoms with Crippen LogP contribution in [0, 0.1) is 12.3 Å². The third kappa shape index (κ3) is 10.3. The van der Waals surface area contributed by atoms with Gasteiger partial charge in [-0.1, -0.05) is 60.7 Å². The number of hydrogen-bond donors (Lipinski definition) is 3. The molecule has 3 amide bonds. The second-order valence-corrected chi connectivity index (χ2v) is 12.3. The topological polar surface area (TPSA) is 162 Å². The Labute approximate surface area is 272 Å². The first-order chi connectivity index (χ1) is 22.0. The molecule has 2 aromatic carbocycles. The lowest BCUT2D eigenvalue weighted by molar-refractivity contribution is -0.160. The van der Waals surface area contributed by atoms with Gasteiger partial charge in [0.25, 0.3) is 5.91 Å². The molecule has 46 heavy (non-hydrogen) atoms. The molecule has 12 nitrogen and oxygen atoms in total. The van der Waals surface area contributed by atoms with E-state index in [4.69, 9.17) is 14.2 Å². The van der Waals surface area contributed by atoms with Crippen LogP contribution in [-0.2, 0) is 46.4 Å². The van der Waals surface area contributed by atoms with Gasteiger partial charge in [0.05, 0.1) is 30.5 Å². The Kier molecular flexibility index (Phi) is 13.5. The van der Waals surface area contributed by atoms with E-state index in [9.17, 15) is 24.0 Å². The van der Waals surface area contributed by atoms with Crippen LogP contribution in [0.1, 0.15) is 39.7 Å². The molecule has 246 valence electrons. The summed E-state index contributed by atoms with van der Waals surface area (Å²) in [5.41, 5.74) is -0.121. The Hall–Kier alpha value is -4.46. The van der Waals surface area contributed by atoms with E-state index in [2.05, 4.69) is 20.9 Å². The molecule has 0 aliphatic heterocycles. The number of Topliss-reactive ketones (excluding diaryl/α,β-unsaturated/α-hetero) is 1. The SMILES string of the molecule is COCC(NC(=O)[C@H](COC)NC(=O)c1cnc(C)s1)C(=O)N[C@@H](Cc1ccccc1)C(=O)C(C)(C)C(=O)OCc1ccccc1. The predicted molar refractivity (Wildman–Crippen MR) is 171 cm³/mol. The summed E-state index contributed by atoms with van der Waals surface area (Å²) in [7, 11) is 2.72. The Balaban J connectivity index is 1.77. The number of methoxy groups -OCH3 is 2. The van der Waals surface area contributed by atoms with E-state index in [-0.39, 0.29) is 26.2 Å². The zero-order chi connectivity index (χ0) is 33.7. The molecule has 0 aliphatic rings. The number of carbonyl (C=O) groups is 5. The monoisotopic (exact) mass is 652 g/mol. The summed E-state index contributed by atoms with van der Waals surface area (Å²) in [6.07, 6.45) is 1.48. The molecule has 0 fully saturated rings. The number of amides is 3. The standard InChI is InChI=1S/C33H40N4O8S/c1-21-34-17-27(46-21)31(41)37-26(20-44-5)30(40)36-25(19-43-4)29(39)35-24(16-22-12-8-6-9-13-22)28(38)33(2,3)32(42)45-18-23-14-10-7-11-15-23/h6-15,17,24-26H,16,18-20H2,1-5H3,(H,35,39)(H,36,40)(H,37,41)/t24-,25?,26-/m0/s1. The fraction of sp³-hybridized carbons (Fsp3) is 0.394. The molecule has 13 heteroatoms. The lowest BCUT2D eigenvalue weighted by Gasteiger charge is -2.29. The van der Waals surface area contributed by atoms with Crippen LogP contribution in [0.25, 0.3) is 0 Å². The smallest absolute Gasteiger partial charge is 0.319 e. The number of nitrogens with zero attached hydrogens (tertiary/aromatic N) is 1. The summed E-state index contributed by atoms with van der Waals surface area (Å²) < 4.78 is 15.8. The van der Waals surface area contributed by atoms with Crippen molar-refractivity contribution in [3.63, 3.8) is 0 Å². The van der Waals surface area contributed by atoms with Crippen molar-refractivity contribution in [2.75, 3.05) is 27.4 Å². The van der Waals surface area contributed by atoms with Crippen molar-refractivity contribution in [1.82, 2.24) is 20.9 Å². The normalized spacial score (nSPS) is 13.2. The van der Waals surface area contributed by atoms with Crippen molar-refractivity contribution in [3.05, 3.63) is 87.9 Å². The molecule has 1 aromatic heterocycles. The first-order valence-corrected chi connectivity index (χ1v) is 15.4. The second-order valence-electron chi connectivity index (χ2n) is 11.0. The maximum absolute atomic E-state index is 13.9. The molecule has 0 radical (unpaired) electrons. The first kappa shape index (κ1) is 36.0. The van der Waals surface area contributed by atoms with Gasteiger partial charge in [-0.3, -0.25) is 24.0 Å². The van der Waals surface area contributed by atoms with Gasteiger partial charge in [-0.05, 0) is 38.3 Å². The molecular weight excluding hydrogens is 612 g/mol. The highest BCUT2D eigenvalue weighted by Crippen LogP contribution is 2.23. The molecule has 0 bridgehead atoms. The quantitative estimate of drug-likeness (QED) is 0.147. The highest BCUT2D eigenvalue weighted by atomic mass is 32.1. The average molecular weight is 653 g/mol. The van der Waals surface area contributed by atoms with Crippen molar-refractivity contribution < 1.29 is 38.2 Å². The Bertz CT molecular complexity index is 1480. The number of carbonyl (C=O) groups excluding carboxylic acids is 5. The van der Waals surface area contributed by atoms with E-state index in [1.54, 1.807) is 43.3 Å². The van der Waals surface area contributed by atoms with E-state index in [1.165, 1.54) is 45.6 Å². The number of hydrogen-bond acceptors (Lipinski definition) is 10. The third-order valence-corrected chi connectivity index (χ3v) is 7.93. The highest BCUT2D eigenvalue weighted by molar-refractivity contribution is 7.13. The molecule has 3 N–H and O–H groups in total. The molecule has 0 saturated heterocycles. The minimum Gasteiger partial charge on any atom is -0.460 e. The fourth-order valence-corrected chi connectivity index (χ4v) is 5.12.